The molecule has 1 aliphatic rings. The van der Waals surface area contributed by atoms with E-state index in [1.807, 2.05) is 4.90 Å². The Morgan fingerprint density at radius 3 is 2.57 bits per heavy atom. The average Bonchev–Trinajstić information content (AvgIpc) is 2.48. The van der Waals surface area contributed by atoms with Crippen molar-refractivity contribution < 1.29 is 13.5 Å². The van der Waals surface area contributed by atoms with Crippen molar-refractivity contribution in [2.75, 3.05) is 25.4 Å². The van der Waals surface area contributed by atoms with E-state index in [0.29, 0.717) is 13.1 Å². The van der Waals surface area contributed by atoms with Crippen molar-refractivity contribution in [3.8, 4) is 0 Å². The second-order valence-corrected chi connectivity index (χ2v) is 6.84. The third-order valence-corrected chi connectivity index (χ3v) is 4.85. The lowest BCUT2D eigenvalue weighted by atomic mass is 10.3. The molecule has 0 radical (unpaired) electrons. The molecule has 0 spiro atoms. The zero-order valence-corrected chi connectivity index (χ0v) is 9.63. The molecule has 0 unspecified atom stereocenters. The van der Waals surface area contributed by atoms with Crippen LogP contribution >= 0.6 is 0 Å². The predicted molar refractivity (Wildman–Crippen MR) is 56.0 cm³/mol. The van der Waals surface area contributed by atoms with E-state index in [0.717, 1.165) is 13.0 Å². The Kier molecular flexibility index (Phi) is 3.92. The summed E-state index contributed by atoms with van der Waals surface area (Å²) in [5.74, 6) is 0.206. The van der Waals surface area contributed by atoms with Gasteiger partial charge in [-0.15, -0.1) is 0 Å². The van der Waals surface area contributed by atoms with E-state index in [9.17, 15) is 13.5 Å². The second-order valence-electron chi connectivity index (χ2n) is 4.16. The topological polar surface area (TPSA) is 57.6 Å². The molecule has 1 heterocycles. The Bertz CT molecular complexity index is 274. The zero-order chi connectivity index (χ0) is 10.8. The number of hydrogen-bond acceptors (Lipinski definition) is 4. The molecule has 84 valence electrons. The van der Waals surface area contributed by atoms with Crippen LogP contribution in [0.2, 0.25) is 0 Å². The summed E-state index contributed by atoms with van der Waals surface area (Å²) in [5, 5.41) is 8.95. The van der Waals surface area contributed by atoms with E-state index in [2.05, 4.69) is 0 Å². The summed E-state index contributed by atoms with van der Waals surface area (Å²) in [5.41, 5.74) is 0. The first kappa shape index (κ1) is 11.9. The maximum Gasteiger partial charge on any atom is 0.153 e. The number of β-amino-alcohol motifs (C(OH)–C–C–N with tert-alkyl or cyclic N) is 1. The van der Waals surface area contributed by atoms with Gasteiger partial charge in [0.15, 0.2) is 9.84 Å². The van der Waals surface area contributed by atoms with Gasteiger partial charge in [0.2, 0.25) is 0 Å². The lowest BCUT2D eigenvalue weighted by Gasteiger charge is -2.15. The first-order chi connectivity index (χ1) is 6.42. The van der Waals surface area contributed by atoms with Gasteiger partial charge in [0, 0.05) is 19.6 Å². The van der Waals surface area contributed by atoms with Crippen LogP contribution in [0.1, 0.15) is 20.3 Å². The fourth-order valence-corrected chi connectivity index (χ4v) is 2.49. The second kappa shape index (κ2) is 4.59. The summed E-state index contributed by atoms with van der Waals surface area (Å²) in [6.45, 7) is 5.39. The Morgan fingerprint density at radius 1 is 1.50 bits per heavy atom. The number of sulfone groups is 1. The van der Waals surface area contributed by atoms with Crippen LogP contribution < -0.4 is 0 Å². The van der Waals surface area contributed by atoms with E-state index < -0.39 is 9.84 Å². The highest BCUT2D eigenvalue weighted by molar-refractivity contribution is 7.92. The molecule has 1 atom stereocenters. The molecule has 0 amide bonds. The van der Waals surface area contributed by atoms with Crippen molar-refractivity contribution >= 4 is 9.84 Å². The van der Waals surface area contributed by atoms with Gasteiger partial charge in [0.05, 0.1) is 17.1 Å². The Hall–Kier alpha value is -0.130. The number of nitrogens with zero attached hydrogens (tertiary/aromatic N) is 1. The molecule has 5 heteroatoms. The molecule has 0 aromatic rings. The molecule has 1 N–H and O–H groups in total. The molecular formula is C9H19NO3S. The largest absolute Gasteiger partial charge is 0.392 e. The SMILES string of the molecule is CC(C)S(=O)(=O)CCN1CC[C@H](O)C1. The number of likely N-dealkylation sites (tertiary alicyclic amines) is 1. The Morgan fingerprint density at radius 2 is 2.14 bits per heavy atom. The van der Waals surface area contributed by atoms with Gasteiger partial charge in [-0.2, -0.15) is 0 Å². The standard InChI is InChI=1S/C9H19NO3S/c1-8(2)14(12,13)6-5-10-4-3-9(11)7-10/h8-9,11H,3-7H2,1-2H3/t9-/m0/s1. The maximum atomic E-state index is 11.5. The van der Waals surface area contributed by atoms with Gasteiger partial charge in [-0.25, -0.2) is 8.42 Å². The molecule has 0 bridgehead atoms. The molecule has 0 aromatic carbocycles. The predicted octanol–water partition coefficient (Wildman–Crippen LogP) is -0.124. The molecule has 1 aliphatic heterocycles. The van der Waals surface area contributed by atoms with Crippen molar-refractivity contribution in [3.05, 3.63) is 0 Å². The number of rotatable bonds is 4. The minimum Gasteiger partial charge on any atom is -0.392 e. The lowest BCUT2D eigenvalue weighted by Crippen LogP contribution is -2.30. The van der Waals surface area contributed by atoms with E-state index >= 15 is 0 Å². The number of aliphatic hydroxyl groups is 1. The van der Waals surface area contributed by atoms with Crippen LogP contribution in [-0.2, 0) is 9.84 Å². The lowest BCUT2D eigenvalue weighted by molar-refractivity contribution is 0.178. The highest BCUT2D eigenvalue weighted by atomic mass is 32.2. The Labute approximate surface area is 85.8 Å². The van der Waals surface area contributed by atoms with Crippen molar-refractivity contribution in [1.82, 2.24) is 4.90 Å². The van der Waals surface area contributed by atoms with Gasteiger partial charge in [0.1, 0.15) is 0 Å². The number of hydrogen-bond donors (Lipinski definition) is 1. The van der Waals surface area contributed by atoms with Gasteiger partial charge < -0.3 is 5.11 Å². The van der Waals surface area contributed by atoms with Crippen LogP contribution in [0.3, 0.4) is 0 Å². The van der Waals surface area contributed by atoms with Crippen LogP contribution in [-0.4, -0.2) is 55.2 Å². The van der Waals surface area contributed by atoms with Crippen LogP contribution in [0.25, 0.3) is 0 Å². The summed E-state index contributed by atoms with van der Waals surface area (Å²) < 4.78 is 23.0. The van der Waals surface area contributed by atoms with Crippen molar-refractivity contribution in [2.45, 2.75) is 31.6 Å². The highest BCUT2D eigenvalue weighted by Crippen LogP contribution is 2.09. The van der Waals surface area contributed by atoms with Crippen LogP contribution in [0.5, 0.6) is 0 Å². The van der Waals surface area contributed by atoms with E-state index in [-0.39, 0.29) is 17.1 Å². The third-order valence-electron chi connectivity index (χ3n) is 2.66. The molecule has 0 aromatic heterocycles. The van der Waals surface area contributed by atoms with Crippen LogP contribution in [0.15, 0.2) is 0 Å². The van der Waals surface area contributed by atoms with Crippen LogP contribution in [0, 0.1) is 0 Å². The third kappa shape index (κ3) is 3.22. The average molecular weight is 221 g/mol. The fourth-order valence-electron chi connectivity index (χ4n) is 1.51. The van der Waals surface area contributed by atoms with Gasteiger partial charge in [-0.1, -0.05) is 0 Å². The van der Waals surface area contributed by atoms with Gasteiger partial charge >= 0.3 is 0 Å². The first-order valence-electron chi connectivity index (χ1n) is 5.04. The van der Waals surface area contributed by atoms with Crippen molar-refractivity contribution in [3.63, 3.8) is 0 Å². The monoisotopic (exact) mass is 221 g/mol. The van der Waals surface area contributed by atoms with Crippen molar-refractivity contribution in [2.24, 2.45) is 0 Å². The van der Waals surface area contributed by atoms with E-state index in [1.54, 1.807) is 13.8 Å². The zero-order valence-electron chi connectivity index (χ0n) is 8.81. The molecular weight excluding hydrogens is 202 g/mol. The minimum atomic E-state index is -2.93. The summed E-state index contributed by atoms with van der Waals surface area (Å²) >= 11 is 0. The van der Waals surface area contributed by atoms with E-state index in [1.165, 1.54) is 0 Å². The molecule has 1 saturated heterocycles. The summed E-state index contributed by atoms with van der Waals surface area (Å²) in [7, 11) is -2.93. The van der Waals surface area contributed by atoms with Crippen molar-refractivity contribution in [1.29, 1.82) is 0 Å². The molecule has 1 fully saturated rings. The van der Waals surface area contributed by atoms with Gasteiger partial charge in [-0.3, -0.25) is 4.90 Å². The summed E-state index contributed by atoms with van der Waals surface area (Å²) in [6.07, 6.45) is 0.499. The van der Waals surface area contributed by atoms with Gasteiger partial charge in [-0.05, 0) is 20.3 Å². The fraction of sp³-hybridized carbons (Fsp3) is 1.00. The quantitative estimate of drug-likeness (QED) is 0.719. The molecule has 1 rings (SSSR count). The van der Waals surface area contributed by atoms with Gasteiger partial charge in [0.25, 0.3) is 0 Å². The molecule has 4 nitrogen and oxygen atoms in total. The summed E-state index contributed by atoms with van der Waals surface area (Å²) in [6, 6.07) is 0. The number of aliphatic hydroxyl groups excluding tert-OH is 1. The normalized spacial score (nSPS) is 24.7. The molecule has 0 aliphatic carbocycles. The summed E-state index contributed by atoms with van der Waals surface area (Å²) in [4.78, 5) is 2.00. The first-order valence-corrected chi connectivity index (χ1v) is 6.75. The molecule has 14 heavy (non-hydrogen) atoms. The molecule has 0 saturated carbocycles. The maximum absolute atomic E-state index is 11.5. The Balaban J connectivity index is 2.34. The van der Waals surface area contributed by atoms with E-state index in [4.69, 9.17) is 0 Å². The minimum absolute atomic E-state index is 0.206. The highest BCUT2D eigenvalue weighted by Gasteiger charge is 2.23. The van der Waals surface area contributed by atoms with Crippen LogP contribution in [0.4, 0.5) is 0 Å². The smallest absolute Gasteiger partial charge is 0.153 e.